The number of ether oxygens (including phenoxy) is 1. The zero-order valence-corrected chi connectivity index (χ0v) is 14.8. The Balaban J connectivity index is 1.95. The van der Waals surface area contributed by atoms with Gasteiger partial charge in [0.15, 0.2) is 5.76 Å². The van der Waals surface area contributed by atoms with E-state index in [1.54, 1.807) is 19.1 Å². The predicted octanol–water partition coefficient (Wildman–Crippen LogP) is 4.35. The molecular weight excluding hydrogens is 326 g/mol. The van der Waals surface area contributed by atoms with Gasteiger partial charge in [0.2, 0.25) is 0 Å². The highest BCUT2D eigenvalue weighted by Gasteiger charge is 2.26. The van der Waals surface area contributed by atoms with Crippen LogP contribution in [0.4, 0.5) is 5.00 Å². The third-order valence-corrected chi connectivity index (χ3v) is 5.46. The topological polar surface area (TPSA) is 68.5 Å². The van der Waals surface area contributed by atoms with Crippen LogP contribution in [0.5, 0.6) is 0 Å². The quantitative estimate of drug-likeness (QED) is 0.838. The van der Waals surface area contributed by atoms with Crippen molar-refractivity contribution in [2.45, 2.75) is 45.4 Å². The number of esters is 1. The van der Waals surface area contributed by atoms with E-state index in [2.05, 4.69) is 5.32 Å². The Kier molecular flexibility index (Phi) is 5.04. The van der Waals surface area contributed by atoms with Gasteiger partial charge in [0, 0.05) is 4.88 Å². The Bertz CT molecular complexity index is 759. The van der Waals surface area contributed by atoms with Crippen molar-refractivity contribution >= 4 is 28.2 Å². The summed E-state index contributed by atoms with van der Waals surface area (Å²) in [6, 6.07) is 3.37. The van der Waals surface area contributed by atoms with Crippen LogP contribution in [0.3, 0.4) is 0 Å². The van der Waals surface area contributed by atoms with Gasteiger partial charge in [-0.3, -0.25) is 4.79 Å². The van der Waals surface area contributed by atoms with Crippen molar-refractivity contribution in [3.63, 3.8) is 0 Å². The van der Waals surface area contributed by atoms with E-state index in [1.165, 1.54) is 36.2 Å². The van der Waals surface area contributed by atoms with Gasteiger partial charge in [-0.05, 0) is 50.3 Å². The molecule has 2 heterocycles. The number of fused-ring (bicyclic) bond motifs is 1. The van der Waals surface area contributed by atoms with Gasteiger partial charge in [0.1, 0.15) is 10.8 Å². The summed E-state index contributed by atoms with van der Waals surface area (Å²) in [6.07, 6.45) is 6.34. The minimum Gasteiger partial charge on any atom is -0.465 e. The van der Waals surface area contributed by atoms with E-state index in [0.29, 0.717) is 16.3 Å². The molecule has 0 saturated heterocycles. The molecule has 1 aliphatic carbocycles. The minimum atomic E-state index is -0.390. The molecule has 2 aromatic heterocycles. The first-order valence-electron chi connectivity index (χ1n) is 8.20. The van der Waals surface area contributed by atoms with Gasteiger partial charge >= 0.3 is 5.97 Å². The Morgan fingerprint density at radius 2 is 1.92 bits per heavy atom. The monoisotopic (exact) mass is 347 g/mol. The number of carbonyl (C=O) groups is 2. The lowest BCUT2D eigenvalue weighted by molar-refractivity contribution is 0.0601. The molecule has 128 valence electrons. The highest BCUT2D eigenvalue weighted by Crippen LogP contribution is 2.37. The summed E-state index contributed by atoms with van der Waals surface area (Å²) >= 11 is 1.48. The molecule has 0 aliphatic heterocycles. The summed E-state index contributed by atoms with van der Waals surface area (Å²) in [7, 11) is 1.37. The molecule has 0 atom stereocenters. The zero-order valence-electron chi connectivity index (χ0n) is 13.9. The third kappa shape index (κ3) is 3.38. The van der Waals surface area contributed by atoms with Gasteiger partial charge in [-0.2, -0.15) is 0 Å². The smallest absolute Gasteiger partial charge is 0.341 e. The van der Waals surface area contributed by atoms with Crippen LogP contribution in [0.15, 0.2) is 16.5 Å². The third-order valence-electron chi connectivity index (χ3n) is 4.25. The molecule has 0 bridgehead atoms. The normalized spacial score (nSPS) is 14.4. The average Bonchev–Trinajstić information content (AvgIpc) is 3.11. The van der Waals surface area contributed by atoms with Crippen LogP contribution in [0.25, 0.3) is 0 Å². The van der Waals surface area contributed by atoms with Crippen molar-refractivity contribution in [3.8, 4) is 0 Å². The van der Waals surface area contributed by atoms with Gasteiger partial charge < -0.3 is 14.5 Å². The van der Waals surface area contributed by atoms with Crippen LogP contribution in [0, 0.1) is 6.92 Å². The van der Waals surface area contributed by atoms with E-state index in [-0.39, 0.29) is 17.6 Å². The maximum absolute atomic E-state index is 12.4. The number of thiophene rings is 1. The molecule has 0 unspecified atom stereocenters. The van der Waals surface area contributed by atoms with Crippen molar-refractivity contribution in [2.24, 2.45) is 0 Å². The second-order valence-electron chi connectivity index (χ2n) is 5.98. The number of nitrogens with one attached hydrogen (secondary N) is 1. The summed E-state index contributed by atoms with van der Waals surface area (Å²) in [5.74, 6) is 0.178. The second kappa shape index (κ2) is 7.21. The number of furan rings is 1. The van der Waals surface area contributed by atoms with Crippen LogP contribution in [0.1, 0.15) is 62.8 Å². The molecule has 0 radical (unpaired) electrons. The summed E-state index contributed by atoms with van der Waals surface area (Å²) in [5.41, 5.74) is 1.55. The van der Waals surface area contributed by atoms with Crippen LogP contribution in [-0.4, -0.2) is 19.0 Å². The number of aryl methyl sites for hydroxylation is 2. The molecule has 3 rings (SSSR count). The van der Waals surface area contributed by atoms with Crippen molar-refractivity contribution in [2.75, 3.05) is 12.4 Å². The summed E-state index contributed by atoms with van der Waals surface area (Å²) < 4.78 is 10.3. The fraction of sp³-hybridized carbons (Fsp3) is 0.444. The first-order chi connectivity index (χ1) is 11.6. The molecule has 0 spiro atoms. The van der Waals surface area contributed by atoms with E-state index in [9.17, 15) is 9.59 Å². The lowest BCUT2D eigenvalue weighted by Gasteiger charge is -2.10. The highest BCUT2D eigenvalue weighted by molar-refractivity contribution is 7.17. The SMILES string of the molecule is COC(=O)c1c(NC(=O)c2ccc(C)o2)sc2c1CCCCCC2. The molecule has 5 nitrogen and oxygen atoms in total. The number of hydrogen-bond acceptors (Lipinski definition) is 5. The Hall–Kier alpha value is -2.08. The lowest BCUT2D eigenvalue weighted by atomic mass is 9.96. The number of amides is 1. The van der Waals surface area contributed by atoms with Crippen LogP contribution >= 0.6 is 11.3 Å². The van der Waals surface area contributed by atoms with Crippen molar-refractivity contribution in [3.05, 3.63) is 39.7 Å². The molecule has 0 aromatic carbocycles. The maximum atomic E-state index is 12.4. The largest absolute Gasteiger partial charge is 0.465 e. The predicted molar refractivity (Wildman–Crippen MR) is 92.9 cm³/mol. The molecule has 0 fully saturated rings. The van der Waals surface area contributed by atoms with E-state index < -0.39 is 0 Å². The highest BCUT2D eigenvalue weighted by atomic mass is 32.1. The van der Waals surface area contributed by atoms with Gasteiger partial charge in [-0.25, -0.2) is 4.79 Å². The van der Waals surface area contributed by atoms with Gasteiger partial charge in [0.25, 0.3) is 5.91 Å². The van der Waals surface area contributed by atoms with Crippen LogP contribution < -0.4 is 5.32 Å². The minimum absolute atomic E-state index is 0.240. The van der Waals surface area contributed by atoms with Gasteiger partial charge in [0.05, 0.1) is 12.7 Å². The Morgan fingerprint density at radius 1 is 1.17 bits per heavy atom. The average molecular weight is 347 g/mol. The van der Waals surface area contributed by atoms with Crippen LogP contribution in [0.2, 0.25) is 0 Å². The number of anilines is 1. The van der Waals surface area contributed by atoms with E-state index in [0.717, 1.165) is 31.2 Å². The first kappa shape index (κ1) is 16.8. The van der Waals surface area contributed by atoms with E-state index in [4.69, 9.17) is 9.15 Å². The number of hydrogen-bond donors (Lipinski definition) is 1. The van der Waals surface area contributed by atoms with Crippen molar-refractivity contribution in [1.29, 1.82) is 0 Å². The molecule has 24 heavy (non-hydrogen) atoms. The molecular formula is C18H21NO4S. The zero-order chi connectivity index (χ0) is 17.1. The molecule has 1 aliphatic rings. The fourth-order valence-corrected chi connectivity index (χ4v) is 4.32. The summed E-state index contributed by atoms with van der Waals surface area (Å²) in [6.45, 7) is 1.79. The van der Waals surface area contributed by atoms with Gasteiger partial charge in [-0.1, -0.05) is 12.8 Å². The number of carbonyl (C=O) groups excluding carboxylic acids is 2. The fourth-order valence-electron chi connectivity index (χ4n) is 3.05. The molecule has 2 aromatic rings. The summed E-state index contributed by atoms with van der Waals surface area (Å²) in [5, 5.41) is 3.40. The molecule has 1 N–H and O–H groups in total. The maximum Gasteiger partial charge on any atom is 0.341 e. The van der Waals surface area contributed by atoms with E-state index in [1.807, 2.05) is 0 Å². The lowest BCUT2D eigenvalue weighted by Crippen LogP contribution is -2.14. The molecule has 6 heteroatoms. The molecule has 1 amide bonds. The number of methoxy groups -OCH3 is 1. The second-order valence-corrected chi connectivity index (χ2v) is 7.08. The van der Waals surface area contributed by atoms with E-state index >= 15 is 0 Å². The Morgan fingerprint density at radius 3 is 2.58 bits per heavy atom. The first-order valence-corrected chi connectivity index (χ1v) is 9.02. The van der Waals surface area contributed by atoms with Crippen molar-refractivity contribution < 1.29 is 18.7 Å². The molecule has 0 saturated carbocycles. The van der Waals surface area contributed by atoms with Gasteiger partial charge in [-0.15, -0.1) is 11.3 Å². The Labute approximate surface area is 145 Å². The summed E-state index contributed by atoms with van der Waals surface area (Å²) in [4.78, 5) is 25.9. The number of rotatable bonds is 3. The van der Waals surface area contributed by atoms with Crippen LogP contribution in [-0.2, 0) is 17.6 Å². The standard InChI is InChI=1S/C18H21NO4S/c1-11-9-10-13(23-11)16(20)19-17-15(18(21)22-2)12-7-5-3-4-6-8-14(12)24-17/h9-10H,3-8H2,1-2H3,(H,19,20). The van der Waals surface area contributed by atoms with Crippen molar-refractivity contribution in [1.82, 2.24) is 0 Å².